The van der Waals surface area contributed by atoms with Crippen molar-refractivity contribution < 1.29 is 14.3 Å². The van der Waals surface area contributed by atoms with Crippen LogP contribution >= 0.6 is 0 Å². The number of rotatable bonds is 4. The normalized spacial score (nSPS) is 14.9. The van der Waals surface area contributed by atoms with Crippen LogP contribution in [0.4, 0.5) is 0 Å². The van der Waals surface area contributed by atoms with Gasteiger partial charge in [0.1, 0.15) is 11.9 Å². The number of carbonyl (C=O) groups excluding carboxylic acids is 1. The summed E-state index contributed by atoms with van der Waals surface area (Å²) in [4.78, 5) is 23.4. The van der Waals surface area contributed by atoms with Gasteiger partial charge in [-0.2, -0.15) is 0 Å². The monoisotopic (exact) mass is 363 g/mol. The summed E-state index contributed by atoms with van der Waals surface area (Å²) in [5.74, 6) is 1.32. The van der Waals surface area contributed by atoms with E-state index in [9.17, 15) is 4.79 Å². The van der Waals surface area contributed by atoms with Gasteiger partial charge in [0.25, 0.3) is 5.91 Å². The van der Waals surface area contributed by atoms with E-state index >= 15 is 0 Å². The minimum atomic E-state index is 0.0420. The first-order chi connectivity index (χ1) is 13.2. The van der Waals surface area contributed by atoms with Crippen molar-refractivity contribution >= 4 is 16.9 Å². The number of nitrogens with zero attached hydrogens (tertiary/aromatic N) is 3. The lowest BCUT2D eigenvalue weighted by Gasteiger charge is -2.32. The lowest BCUT2D eigenvalue weighted by molar-refractivity contribution is 0.0588. The Hall–Kier alpha value is -3.15. The average molecular weight is 363 g/mol. The first kappa shape index (κ1) is 17.3. The molecule has 2 heterocycles. The summed E-state index contributed by atoms with van der Waals surface area (Å²) in [7, 11) is 1.61. The topological polar surface area (TPSA) is 64.5 Å². The Morgan fingerprint density at radius 3 is 2.44 bits per heavy atom. The van der Waals surface area contributed by atoms with Crippen molar-refractivity contribution in [1.29, 1.82) is 0 Å². The third-order valence-corrected chi connectivity index (χ3v) is 4.78. The van der Waals surface area contributed by atoms with Crippen LogP contribution in [0.1, 0.15) is 23.2 Å². The molecule has 4 rings (SSSR count). The highest BCUT2D eigenvalue weighted by molar-refractivity contribution is 5.94. The van der Waals surface area contributed by atoms with Crippen molar-refractivity contribution in [2.24, 2.45) is 0 Å². The van der Waals surface area contributed by atoms with Crippen molar-refractivity contribution in [2.75, 3.05) is 20.2 Å². The van der Waals surface area contributed by atoms with Crippen molar-refractivity contribution in [3.63, 3.8) is 0 Å². The smallest absolute Gasteiger partial charge is 0.253 e. The maximum absolute atomic E-state index is 12.6. The van der Waals surface area contributed by atoms with Gasteiger partial charge in [-0.3, -0.25) is 4.79 Å². The van der Waals surface area contributed by atoms with Crippen LogP contribution in [0.15, 0.2) is 54.7 Å². The molecule has 1 saturated heterocycles. The lowest BCUT2D eigenvalue weighted by Crippen LogP contribution is -2.41. The molecule has 0 saturated carbocycles. The minimum absolute atomic E-state index is 0.0420. The zero-order chi connectivity index (χ0) is 18.6. The van der Waals surface area contributed by atoms with E-state index < -0.39 is 0 Å². The van der Waals surface area contributed by atoms with Gasteiger partial charge < -0.3 is 14.4 Å². The van der Waals surface area contributed by atoms with E-state index in [0.29, 0.717) is 24.5 Å². The molecule has 6 nitrogen and oxygen atoms in total. The molecule has 0 unspecified atom stereocenters. The number of methoxy groups -OCH3 is 1. The van der Waals surface area contributed by atoms with Crippen LogP contribution in [0, 0.1) is 0 Å². The number of piperidine rings is 1. The molecule has 0 aliphatic carbocycles. The number of carbonyl (C=O) groups is 1. The van der Waals surface area contributed by atoms with Crippen LogP contribution in [0.3, 0.4) is 0 Å². The zero-order valence-corrected chi connectivity index (χ0v) is 15.2. The second-order valence-electron chi connectivity index (χ2n) is 6.53. The Balaban J connectivity index is 1.35. The van der Waals surface area contributed by atoms with Crippen LogP contribution in [0.2, 0.25) is 0 Å². The molecule has 0 N–H and O–H groups in total. The van der Waals surface area contributed by atoms with E-state index in [2.05, 4.69) is 9.97 Å². The number of likely N-dealkylation sites (tertiary alicyclic amines) is 1. The van der Waals surface area contributed by atoms with Crippen molar-refractivity contribution in [3.8, 4) is 11.6 Å². The molecule has 6 heteroatoms. The van der Waals surface area contributed by atoms with Crippen molar-refractivity contribution in [1.82, 2.24) is 14.9 Å². The van der Waals surface area contributed by atoms with E-state index in [-0.39, 0.29) is 12.0 Å². The Bertz CT molecular complexity index is 935. The summed E-state index contributed by atoms with van der Waals surface area (Å²) in [5, 5.41) is 0. The third kappa shape index (κ3) is 3.84. The van der Waals surface area contributed by atoms with Gasteiger partial charge in [-0.05, 0) is 36.4 Å². The van der Waals surface area contributed by atoms with Crippen LogP contribution in [0.25, 0.3) is 11.0 Å². The second kappa shape index (κ2) is 7.61. The molecule has 0 atom stereocenters. The van der Waals surface area contributed by atoms with Crippen LogP contribution < -0.4 is 9.47 Å². The van der Waals surface area contributed by atoms with E-state index in [0.717, 1.165) is 29.6 Å². The van der Waals surface area contributed by atoms with Gasteiger partial charge in [0.05, 0.1) is 24.3 Å². The summed E-state index contributed by atoms with van der Waals surface area (Å²) >= 11 is 0. The maximum atomic E-state index is 12.6. The molecule has 2 aromatic carbocycles. The van der Waals surface area contributed by atoms with E-state index in [4.69, 9.17) is 9.47 Å². The van der Waals surface area contributed by atoms with E-state index in [1.165, 1.54) is 0 Å². The molecule has 0 spiro atoms. The number of aromatic nitrogens is 2. The summed E-state index contributed by atoms with van der Waals surface area (Å²) in [5.41, 5.74) is 2.35. The van der Waals surface area contributed by atoms with Gasteiger partial charge in [-0.15, -0.1) is 0 Å². The number of benzene rings is 2. The Morgan fingerprint density at radius 2 is 1.74 bits per heavy atom. The van der Waals surface area contributed by atoms with Gasteiger partial charge in [-0.1, -0.05) is 12.1 Å². The Kier molecular flexibility index (Phi) is 4.87. The highest BCUT2D eigenvalue weighted by atomic mass is 16.5. The number of ether oxygens (including phenoxy) is 2. The SMILES string of the molecule is COc1ccc(C(=O)N2CCC(Oc3cnc4ccccc4n3)CC2)cc1. The molecular weight excluding hydrogens is 342 g/mol. The summed E-state index contributed by atoms with van der Waals surface area (Å²) < 4.78 is 11.1. The number of hydrogen-bond acceptors (Lipinski definition) is 5. The molecule has 1 amide bonds. The minimum Gasteiger partial charge on any atom is -0.497 e. The zero-order valence-electron chi connectivity index (χ0n) is 15.2. The fourth-order valence-corrected chi connectivity index (χ4v) is 3.26. The van der Waals surface area contributed by atoms with Crippen molar-refractivity contribution in [3.05, 3.63) is 60.3 Å². The van der Waals surface area contributed by atoms with Gasteiger partial charge >= 0.3 is 0 Å². The molecule has 1 aliphatic heterocycles. The average Bonchev–Trinajstić information content (AvgIpc) is 2.74. The van der Waals surface area contributed by atoms with Gasteiger partial charge in [0.15, 0.2) is 0 Å². The summed E-state index contributed by atoms with van der Waals surface area (Å²) in [6.45, 7) is 1.33. The van der Waals surface area contributed by atoms with Crippen LogP contribution in [0.5, 0.6) is 11.6 Å². The molecule has 27 heavy (non-hydrogen) atoms. The quantitative estimate of drug-likeness (QED) is 0.711. The molecule has 1 fully saturated rings. The molecule has 0 radical (unpaired) electrons. The predicted octanol–water partition coefficient (Wildman–Crippen LogP) is 3.32. The number of hydrogen-bond donors (Lipinski definition) is 0. The van der Waals surface area contributed by atoms with Gasteiger partial charge in [0, 0.05) is 31.5 Å². The predicted molar refractivity (Wildman–Crippen MR) is 102 cm³/mol. The molecule has 138 valence electrons. The highest BCUT2D eigenvalue weighted by Crippen LogP contribution is 2.21. The summed E-state index contributed by atoms with van der Waals surface area (Å²) in [6, 6.07) is 14.9. The van der Waals surface area contributed by atoms with Crippen molar-refractivity contribution in [2.45, 2.75) is 18.9 Å². The fraction of sp³-hybridized carbons (Fsp3) is 0.286. The molecule has 3 aromatic rings. The first-order valence-corrected chi connectivity index (χ1v) is 9.05. The second-order valence-corrected chi connectivity index (χ2v) is 6.53. The summed E-state index contributed by atoms with van der Waals surface area (Å²) in [6.07, 6.45) is 3.25. The van der Waals surface area contributed by atoms with Crippen LogP contribution in [-0.2, 0) is 0 Å². The number of fused-ring (bicyclic) bond motifs is 1. The molecule has 1 aromatic heterocycles. The first-order valence-electron chi connectivity index (χ1n) is 9.05. The Morgan fingerprint density at radius 1 is 1.04 bits per heavy atom. The largest absolute Gasteiger partial charge is 0.497 e. The van der Waals surface area contributed by atoms with Gasteiger partial charge in [0.2, 0.25) is 5.88 Å². The maximum Gasteiger partial charge on any atom is 0.253 e. The lowest BCUT2D eigenvalue weighted by atomic mass is 10.1. The van der Waals surface area contributed by atoms with Gasteiger partial charge in [-0.25, -0.2) is 9.97 Å². The number of amides is 1. The Labute approximate surface area is 157 Å². The molecule has 0 bridgehead atoms. The van der Waals surface area contributed by atoms with E-state index in [1.54, 1.807) is 25.4 Å². The third-order valence-electron chi connectivity index (χ3n) is 4.78. The fourth-order valence-electron chi connectivity index (χ4n) is 3.26. The highest BCUT2D eigenvalue weighted by Gasteiger charge is 2.25. The molecule has 1 aliphatic rings. The van der Waals surface area contributed by atoms with E-state index in [1.807, 2.05) is 41.3 Å². The molecular formula is C21H21N3O3. The van der Waals surface area contributed by atoms with Crippen LogP contribution in [-0.4, -0.2) is 47.1 Å². The number of para-hydroxylation sites is 2. The standard InChI is InChI=1S/C21H21N3O3/c1-26-16-8-6-15(7-9-16)21(25)24-12-10-17(11-13-24)27-20-14-22-18-4-2-3-5-19(18)23-20/h2-9,14,17H,10-13H2,1H3.